The smallest absolute Gasteiger partial charge is 0.191 e. The van der Waals surface area contributed by atoms with E-state index < -0.39 is 10.8 Å². The van der Waals surface area contributed by atoms with Crippen molar-refractivity contribution in [2.24, 2.45) is 4.99 Å². The van der Waals surface area contributed by atoms with Gasteiger partial charge in [-0.25, -0.2) is 4.98 Å². The number of benzene rings is 1. The molecule has 1 aromatic carbocycles. The van der Waals surface area contributed by atoms with Crippen LogP contribution in [0.3, 0.4) is 0 Å². The SMILES string of the molecule is CN=C(NCCS(=O)c1ccccc1)NCc1ncc(C)s1. The van der Waals surface area contributed by atoms with Crippen molar-refractivity contribution in [3.05, 3.63) is 46.4 Å². The first-order chi connectivity index (χ1) is 10.7. The van der Waals surface area contributed by atoms with Crippen LogP contribution >= 0.6 is 11.3 Å². The monoisotopic (exact) mass is 336 g/mol. The summed E-state index contributed by atoms with van der Waals surface area (Å²) in [7, 11) is 0.725. The van der Waals surface area contributed by atoms with Crippen LogP contribution in [0.15, 0.2) is 46.4 Å². The van der Waals surface area contributed by atoms with Gasteiger partial charge in [-0.1, -0.05) is 18.2 Å². The van der Waals surface area contributed by atoms with Gasteiger partial charge in [0.2, 0.25) is 0 Å². The van der Waals surface area contributed by atoms with Crippen LogP contribution in [0.25, 0.3) is 0 Å². The van der Waals surface area contributed by atoms with Gasteiger partial charge in [0.1, 0.15) is 5.01 Å². The third-order valence-electron chi connectivity index (χ3n) is 2.89. The molecular formula is C15H20N4OS2. The third kappa shape index (κ3) is 5.23. The van der Waals surface area contributed by atoms with Crippen LogP contribution in [-0.2, 0) is 17.3 Å². The zero-order valence-corrected chi connectivity index (χ0v) is 14.3. The fourth-order valence-corrected chi connectivity index (χ4v) is 3.53. The van der Waals surface area contributed by atoms with Crippen molar-refractivity contribution >= 4 is 28.1 Å². The van der Waals surface area contributed by atoms with Gasteiger partial charge >= 0.3 is 0 Å². The predicted molar refractivity (Wildman–Crippen MR) is 92.8 cm³/mol. The largest absolute Gasteiger partial charge is 0.355 e. The molecule has 1 heterocycles. The van der Waals surface area contributed by atoms with E-state index in [4.69, 9.17) is 0 Å². The van der Waals surface area contributed by atoms with E-state index in [1.807, 2.05) is 43.5 Å². The summed E-state index contributed by atoms with van der Waals surface area (Å²) < 4.78 is 12.1. The van der Waals surface area contributed by atoms with E-state index in [-0.39, 0.29) is 0 Å². The van der Waals surface area contributed by atoms with E-state index in [0.717, 1.165) is 9.90 Å². The molecule has 7 heteroatoms. The molecular weight excluding hydrogens is 316 g/mol. The summed E-state index contributed by atoms with van der Waals surface area (Å²) in [4.78, 5) is 10.5. The van der Waals surface area contributed by atoms with E-state index in [1.165, 1.54) is 4.88 Å². The average Bonchev–Trinajstić information content (AvgIpc) is 2.96. The van der Waals surface area contributed by atoms with Gasteiger partial charge in [-0.15, -0.1) is 11.3 Å². The minimum Gasteiger partial charge on any atom is -0.355 e. The van der Waals surface area contributed by atoms with Crippen LogP contribution in [0.2, 0.25) is 0 Å². The standard InChI is InChI=1S/C15H20N4OS2/c1-12-10-18-14(21-12)11-19-15(16-2)17-8-9-22(20)13-6-4-3-5-7-13/h3-7,10H,8-9,11H2,1-2H3,(H2,16,17,19). The Bertz CT molecular complexity index is 640. The van der Waals surface area contributed by atoms with Crippen LogP contribution in [0.4, 0.5) is 0 Å². The van der Waals surface area contributed by atoms with Crippen molar-refractivity contribution in [1.29, 1.82) is 0 Å². The molecule has 0 bridgehead atoms. The summed E-state index contributed by atoms with van der Waals surface area (Å²) in [5, 5.41) is 7.39. The van der Waals surface area contributed by atoms with Crippen molar-refractivity contribution in [3.8, 4) is 0 Å². The maximum atomic E-state index is 12.1. The number of guanidine groups is 1. The van der Waals surface area contributed by atoms with E-state index in [0.29, 0.717) is 24.8 Å². The number of nitrogens with one attached hydrogen (secondary N) is 2. The van der Waals surface area contributed by atoms with Crippen molar-refractivity contribution in [3.63, 3.8) is 0 Å². The molecule has 0 aliphatic heterocycles. The molecule has 1 aromatic heterocycles. The average molecular weight is 336 g/mol. The highest BCUT2D eigenvalue weighted by molar-refractivity contribution is 7.85. The first-order valence-electron chi connectivity index (χ1n) is 6.98. The fourth-order valence-electron chi connectivity index (χ4n) is 1.82. The third-order valence-corrected chi connectivity index (χ3v) is 5.17. The van der Waals surface area contributed by atoms with Crippen LogP contribution in [0.5, 0.6) is 0 Å². The number of nitrogens with zero attached hydrogens (tertiary/aromatic N) is 2. The van der Waals surface area contributed by atoms with E-state index in [9.17, 15) is 4.21 Å². The van der Waals surface area contributed by atoms with E-state index >= 15 is 0 Å². The molecule has 0 saturated carbocycles. The predicted octanol–water partition coefficient (Wildman–Crippen LogP) is 1.92. The number of hydrogen-bond donors (Lipinski definition) is 2. The molecule has 0 aliphatic carbocycles. The second-order valence-corrected chi connectivity index (χ2v) is 7.47. The van der Waals surface area contributed by atoms with Crippen molar-refractivity contribution in [2.75, 3.05) is 19.3 Å². The number of aryl methyl sites for hydroxylation is 1. The number of aromatic nitrogens is 1. The molecule has 118 valence electrons. The quantitative estimate of drug-likeness (QED) is 0.625. The Morgan fingerprint density at radius 2 is 2.09 bits per heavy atom. The van der Waals surface area contributed by atoms with Crippen LogP contribution < -0.4 is 10.6 Å². The highest BCUT2D eigenvalue weighted by Crippen LogP contribution is 2.10. The van der Waals surface area contributed by atoms with Crippen LogP contribution in [0, 0.1) is 6.92 Å². The lowest BCUT2D eigenvalue weighted by atomic mass is 10.4. The maximum Gasteiger partial charge on any atom is 0.191 e. The Labute approximate surface area is 137 Å². The van der Waals surface area contributed by atoms with Gasteiger partial charge in [0.15, 0.2) is 5.96 Å². The fraction of sp³-hybridized carbons (Fsp3) is 0.333. The number of rotatable bonds is 6. The lowest BCUT2D eigenvalue weighted by Gasteiger charge is -2.10. The lowest BCUT2D eigenvalue weighted by Crippen LogP contribution is -2.38. The van der Waals surface area contributed by atoms with Gasteiger partial charge in [0.25, 0.3) is 0 Å². The lowest BCUT2D eigenvalue weighted by molar-refractivity contribution is 0.681. The summed E-state index contributed by atoms with van der Waals surface area (Å²) >= 11 is 1.66. The van der Waals surface area contributed by atoms with E-state index in [1.54, 1.807) is 18.4 Å². The van der Waals surface area contributed by atoms with Gasteiger partial charge in [-0.05, 0) is 19.1 Å². The first kappa shape index (κ1) is 16.6. The molecule has 0 amide bonds. The summed E-state index contributed by atoms with van der Waals surface area (Å²) in [6, 6.07) is 9.49. The second kappa shape index (κ2) is 8.65. The zero-order chi connectivity index (χ0) is 15.8. The van der Waals surface area contributed by atoms with E-state index in [2.05, 4.69) is 20.6 Å². The zero-order valence-electron chi connectivity index (χ0n) is 12.7. The first-order valence-corrected chi connectivity index (χ1v) is 9.12. The molecule has 22 heavy (non-hydrogen) atoms. The molecule has 1 atom stereocenters. The van der Waals surface area contributed by atoms with Crippen LogP contribution in [-0.4, -0.2) is 34.5 Å². The molecule has 0 saturated heterocycles. The summed E-state index contributed by atoms with van der Waals surface area (Å²) in [5.74, 6) is 1.24. The number of hydrogen-bond acceptors (Lipinski definition) is 4. The Morgan fingerprint density at radius 3 is 2.73 bits per heavy atom. The second-order valence-electron chi connectivity index (χ2n) is 4.58. The normalized spacial score (nSPS) is 12.9. The van der Waals surface area contributed by atoms with Crippen LogP contribution in [0.1, 0.15) is 9.88 Å². The molecule has 2 aromatic rings. The topological polar surface area (TPSA) is 66.4 Å². The molecule has 0 spiro atoms. The molecule has 1 unspecified atom stereocenters. The van der Waals surface area contributed by atoms with Gasteiger partial charge in [-0.3, -0.25) is 9.20 Å². The highest BCUT2D eigenvalue weighted by Gasteiger charge is 2.04. The summed E-state index contributed by atoms with van der Waals surface area (Å²) in [6.07, 6.45) is 1.86. The van der Waals surface area contributed by atoms with Gasteiger partial charge < -0.3 is 10.6 Å². The highest BCUT2D eigenvalue weighted by atomic mass is 32.2. The van der Waals surface area contributed by atoms with Gasteiger partial charge in [0, 0.05) is 35.3 Å². The Morgan fingerprint density at radius 1 is 1.32 bits per heavy atom. The van der Waals surface area contributed by atoms with Gasteiger partial charge in [0.05, 0.1) is 17.3 Å². The Hall–Kier alpha value is -1.73. The number of aliphatic imine (C=N–C) groups is 1. The minimum atomic E-state index is -0.994. The minimum absolute atomic E-state index is 0.543. The molecule has 5 nitrogen and oxygen atoms in total. The molecule has 0 aliphatic rings. The summed E-state index contributed by atoms with van der Waals surface area (Å²) in [6.45, 7) is 3.27. The van der Waals surface area contributed by atoms with Gasteiger partial charge in [-0.2, -0.15) is 0 Å². The number of thiazole rings is 1. The molecule has 2 rings (SSSR count). The summed E-state index contributed by atoms with van der Waals surface area (Å²) in [5.41, 5.74) is 0. The van der Waals surface area contributed by atoms with Crippen molar-refractivity contribution in [1.82, 2.24) is 15.6 Å². The molecule has 0 radical (unpaired) electrons. The van der Waals surface area contributed by atoms with Crippen molar-refractivity contribution < 1.29 is 4.21 Å². The molecule has 0 fully saturated rings. The van der Waals surface area contributed by atoms with Crippen molar-refractivity contribution in [2.45, 2.75) is 18.4 Å². The molecule has 2 N–H and O–H groups in total. The Kier molecular flexibility index (Phi) is 6.54. The maximum absolute atomic E-state index is 12.1. The Balaban J connectivity index is 1.73.